The van der Waals surface area contributed by atoms with Gasteiger partial charge >= 0.3 is 0 Å². The Kier molecular flexibility index (Phi) is 5.42. The van der Waals surface area contributed by atoms with Crippen LogP contribution in [0.1, 0.15) is 49.7 Å². The molecule has 2 aromatic carbocycles. The molecule has 1 aliphatic carbocycles. The van der Waals surface area contributed by atoms with Gasteiger partial charge in [-0.2, -0.15) is 5.10 Å². The Morgan fingerprint density at radius 2 is 1.62 bits per heavy atom. The van der Waals surface area contributed by atoms with Gasteiger partial charge < -0.3 is 0 Å². The normalized spacial score (nSPS) is 19.4. The lowest BCUT2D eigenvalue weighted by Crippen LogP contribution is -2.28. The van der Waals surface area contributed by atoms with Crippen LogP contribution >= 0.6 is 0 Å². The smallest absolute Gasteiger partial charge is 0.252 e. The molecule has 0 unspecified atom stereocenters. The van der Waals surface area contributed by atoms with Crippen molar-refractivity contribution in [3.05, 3.63) is 71.8 Å². The lowest BCUT2D eigenvalue weighted by Gasteiger charge is -2.20. The minimum Gasteiger partial charge on any atom is -0.272 e. The third-order valence-corrected chi connectivity index (χ3v) is 4.60. The number of hydrogen-bond donors (Lipinski definition) is 1. The minimum atomic E-state index is -0.335. The van der Waals surface area contributed by atoms with Crippen LogP contribution in [0.3, 0.4) is 0 Å². The molecule has 3 rings (SSSR count). The first-order valence-corrected chi connectivity index (χ1v) is 8.69. The van der Waals surface area contributed by atoms with Gasteiger partial charge in [-0.1, -0.05) is 67.6 Å². The highest BCUT2D eigenvalue weighted by Gasteiger charge is 2.23. The predicted octanol–water partition coefficient (Wildman–Crippen LogP) is 4.50. The molecular formula is C21H24N2O. The van der Waals surface area contributed by atoms with Crippen LogP contribution in [0.4, 0.5) is 0 Å². The maximum absolute atomic E-state index is 12.9. The minimum absolute atomic E-state index is 0.0712. The number of nitrogens with one attached hydrogen (secondary N) is 1. The van der Waals surface area contributed by atoms with Crippen molar-refractivity contribution < 1.29 is 4.79 Å². The SMILES string of the molecule is C[C@H]1CCC/C(=N\NC(=O)C(c2ccccc2)c2ccccc2)C1. The molecule has 1 aliphatic rings. The Labute approximate surface area is 143 Å². The Bertz CT molecular complexity index is 655. The van der Waals surface area contributed by atoms with Crippen LogP contribution in [-0.4, -0.2) is 11.6 Å². The second kappa shape index (κ2) is 7.91. The van der Waals surface area contributed by atoms with Crippen LogP contribution < -0.4 is 5.43 Å². The third-order valence-electron chi connectivity index (χ3n) is 4.60. The zero-order valence-electron chi connectivity index (χ0n) is 14.1. The molecule has 0 radical (unpaired) electrons. The molecule has 1 atom stereocenters. The summed E-state index contributed by atoms with van der Waals surface area (Å²) in [7, 11) is 0. The third kappa shape index (κ3) is 4.10. The Morgan fingerprint density at radius 3 is 2.17 bits per heavy atom. The lowest BCUT2D eigenvalue weighted by molar-refractivity contribution is -0.121. The van der Waals surface area contributed by atoms with E-state index in [9.17, 15) is 4.79 Å². The molecule has 124 valence electrons. The largest absolute Gasteiger partial charge is 0.272 e. The summed E-state index contributed by atoms with van der Waals surface area (Å²) in [5, 5.41) is 4.42. The Hall–Kier alpha value is -2.42. The standard InChI is InChI=1S/C21H24N2O/c1-16-9-8-14-19(15-16)22-23-21(24)20(17-10-4-2-5-11-17)18-12-6-3-7-13-18/h2-7,10-13,16,20H,8-9,14-15H2,1H3,(H,23,24)/b22-19+/t16-/m0/s1. The van der Waals surface area contributed by atoms with Crippen LogP contribution in [0.2, 0.25) is 0 Å². The van der Waals surface area contributed by atoms with Crippen LogP contribution in [0.25, 0.3) is 0 Å². The van der Waals surface area contributed by atoms with Crippen molar-refractivity contribution >= 4 is 11.6 Å². The number of amides is 1. The second-order valence-corrected chi connectivity index (χ2v) is 6.61. The van der Waals surface area contributed by atoms with E-state index in [1.807, 2.05) is 60.7 Å². The van der Waals surface area contributed by atoms with E-state index in [0.717, 1.165) is 36.1 Å². The number of hydrazone groups is 1. The van der Waals surface area contributed by atoms with Gasteiger partial charge in [0.2, 0.25) is 0 Å². The fraction of sp³-hybridized carbons (Fsp3) is 0.333. The Morgan fingerprint density at radius 1 is 1.04 bits per heavy atom. The lowest BCUT2D eigenvalue weighted by atomic mass is 9.89. The van der Waals surface area contributed by atoms with E-state index >= 15 is 0 Å². The molecule has 0 aromatic heterocycles. The molecule has 3 heteroatoms. The molecule has 0 bridgehead atoms. The van der Waals surface area contributed by atoms with Gasteiger partial charge in [0, 0.05) is 5.71 Å². The maximum atomic E-state index is 12.9. The molecular weight excluding hydrogens is 296 g/mol. The quantitative estimate of drug-likeness (QED) is 0.828. The van der Waals surface area contributed by atoms with Gasteiger partial charge in [-0.3, -0.25) is 4.79 Å². The Balaban J connectivity index is 1.81. The van der Waals surface area contributed by atoms with Crippen molar-refractivity contribution in [2.75, 3.05) is 0 Å². The summed E-state index contributed by atoms with van der Waals surface area (Å²) in [5.74, 6) is 0.254. The van der Waals surface area contributed by atoms with Gasteiger partial charge in [-0.25, -0.2) is 5.43 Å². The molecule has 1 fully saturated rings. The maximum Gasteiger partial charge on any atom is 0.252 e. The first kappa shape index (κ1) is 16.4. The summed E-state index contributed by atoms with van der Waals surface area (Å²) in [6.45, 7) is 2.24. The molecule has 1 amide bonds. The van der Waals surface area contributed by atoms with E-state index in [0.29, 0.717) is 5.92 Å². The first-order chi connectivity index (χ1) is 11.7. The predicted molar refractivity (Wildman–Crippen MR) is 97.9 cm³/mol. The first-order valence-electron chi connectivity index (χ1n) is 8.69. The molecule has 2 aromatic rings. The highest BCUT2D eigenvalue weighted by atomic mass is 16.2. The molecule has 1 N–H and O–H groups in total. The van der Waals surface area contributed by atoms with Crippen molar-refractivity contribution in [3.63, 3.8) is 0 Å². The molecule has 0 spiro atoms. The average Bonchev–Trinajstić information content (AvgIpc) is 2.62. The fourth-order valence-corrected chi connectivity index (χ4v) is 3.35. The van der Waals surface area contributed by atoms with E-state index in [2.05, 4.69) is 17.5 Å². The van der Waals surface area contributed by atoms with Gasteiger partial charge in [0.05, 0.1) is 5.92 Å². The van der Waals surface area contributed by atoms with Crippen molar-refractivity contribution in [1.82, 2.24) is 5.43 Å². The zero-order valence-corrected chi connectivity index (χ0v) is 14.1. The number of carbonyl (C=O) groups is 1. The van der Waals surface area contributed by atoms with Gasteiger partial charge in [-0.05, 0) is 42.7 Å². The summed E-state index contributed by atoms with van der Waals surface area (Å²) in [5.41, 5.74) is 5.90. The highest BCUT2D eigenvalue weighted by Crippen LogP contribution is 2.25. The average molecular weight is 320 g/mol. The van der Waals surface area contributed by atoms with Gasteiger partial charge in [-0.15, -0.1) is 0 Å². The van der Waals surface area contributed by atoms with E-state index < -0.39 is 0 Å². The second-order valence-electron chi connectivity index (χ2n) is 6.61. The van der Waals surface area contributed by atoms with Crippen LogP contribution in [0, 0.1) is 5.92 Å². The van der Waals surface area contributed by atoms with Gasteiger partial charge in [0.15, 0.2) is 0 Å². The van der Waals surface area contributed by atoms with Crippen LogP contribution in [0.5, 0.6) is 0 Å². The fourth-order valence-electron chi connectivity index (χ4n) is 3.35. The number of carbonyl (C=O) groups excluding carboxylic acids is 1. The number of nitrogens with zero attached hydrogens (tertiary/aromatic N) is 1. The zero-order chi connectivity index (χ0) is 16.8. The molecule has 0 heterocycles. The molecule has 0 saturated heterocycles. The molecule has 0 aliphatic heterocycles. The van der Waals surface area contributed by atoms with Crippen molar-refractivity contribution in [1.29, 1.82) is 0 Å². The molecule has 1 saturated carbocycles. The summed E-state index contributed by atoms with van der Waals surface area (Å²) in [4.78, 5) is 12.9. The van der Waals surface area contributed by atoms with E-state index in [1.165, 1.54) is 6.42 Å². The van der Waals surface area contributed by atoms with Crippen molar-refractivity contribution in [3.8, 4) is 0 Å². The van der Waals surface area contributed by atoms with Crippen molar-refractivity contribution in [2.24, 2.45) is 11.0 Å². The molecule has 24 heavy (non-hydrogen) atoms. The van der Waals surface area contributed by atoms with Gasteiger partial charge in [0.25, 0.3) is 5.91 Å². The van der Waals surface area contributed by atoms with Crippen LogP contribution in [-0.2, 0) is 4.79 Å². The van der Waals surface area contributed by atoms with Crippen molar-refractivity contribution in [2.45, 2.75) is 38.5 Å². The number of rotatable bonds is 4. The summed E-state index contributed by atoms with van der Waals surface area (Å²) in [6.07, 6.45) is 4.40. The van der Waals surface area contributed by atoms with E-state index in [1.54, 1.807) is 0 Å². The van der Waals surface area contributed by atoms with Crippen LogP contribution in [0.15, 0.2) is 65.8 Å². The van der Waals surface area contributed by atoms with E-state index in [-0.39, 0.29) is 11.8 Å². The highest BCUT2D eigenvalue weighted by molar-refractivity contribution is 5.90. The summed E-state index contributed by atoms with van der Waals surface area (Å²) >= 11 is 0. The van der Waals surface area contributed by atoms with Gasteiger partial charge in [0.1, 0.15) is 0 Å². The van der Waals surface area contributed by atoms with E-state index in [4.69, 9.17) is 0 Å². The summed E-state index contributed by atoms with van der Waals surface area (Å²) < 4.78 is 0. The monoisotopic (exact) mass is 320 g/mol. The molecule has 3 nitrogen and oxygen atoms in total. The topological polar surface area (TPSA) is 41.5 Å². The summed E-state index contributed by atoms with van der Waals surface area (Å²) in [6, 6.07) is 19.8. The number of hydrogen-bond acceptors (Lipinski definition) is 2. The number of benzene rings is 2.